The molecular formula is C31H31F2N5O4. The third-order valence-electron chi connectivity index (χ3n) is 7.41. The summed E-state index contributed by atoms with van der Waals surface area (Å²) >= 11 is 0. The maximum absolute atomic E-state index is 14.7. The van der Waals surface area contributed by atoms with Crippen LogP contribution >= 0.6 is 0 Å². The van der Waals surface area contributed by atoms with E-state index in [1.807, 2.05) is 30.3 Å². The molecular weight excluding hydrogens is 544 g/mol. The van der Waals surface area contributed by atoms with E-state index in [0.717, 1.165) is 17.7 Å². The van der Waals surface area contributed by atoms with Gasteiger partial charge in [0.2, 0.25) is 11.8 Å². The van der Waals surface area contributed by atoms with Gasteiger partial charge in [0.1, 0.15) is 29.6 Å². The second-order valence-electron chi connectivity index (χ2n) is 10.2. The van der Waals surface area contributed by atoms with Crippen LogP contribution in [0.3, 0.4) is 0 Å². The normalized spacial score (nSPS) is 19.0. The average molecular weight is 576 g/mol. The molecule has 2 N–H and O–H groups in total. The van der Waals surface area contributed by atoms with Crippen molar-refractivity contribution in [3.63, 3.8) is 0 Å². The molecule has 9 nitrogen and oxygen atoms in total. The Morgan fingerprint density at radius 1 is 1.02 bits per heavy atom. The van der Waals surface area contributed by atoms with Crippen molar-refractivity contribution in [3.8, 4) is 5.75 Å². The van der Waals surface area contributed by atoms with Crippen LogP contribution in [0.1, 0.15) is 16.7 Å². The molecule has 2 aliphatic rings. The fourth-order valence-electron chi connectivity index (χ4n) is 5.41. The van der Waals surface area contributed by atoms with Crippen LogP contribution in [0.4, 0.5) is 13.6 Å². The number of benzene rings is 3. The zero-order chi connectivity index (χ0) is 29.8. The highest BCUT2D eigenvalue weighted by Gasteiger charge is 2.51. The molecule has 0 saturated carbocycles. The van der Waals surface area contributed by atoms with Crippen LogP contribution in [0.5, 0.6) is 5.75 Å². The molecule has 0 radical (unpaired) electrons. The summed E-state index contributed by atoms with van der Waals surface area (Å²) in [6, 6.07) is 17.3. The fourth-order valence-corrected chi connectivity index (χ4v) is 5.41. The predicted molar refractivity (Wildman–Crippen MR) is 150 cm³/mol. The average Bonchev–Trinajstić information content (AvgIpc) is 2.97. The number of phenolic OH excluding ortho intramolecular Hbond substituents is 1. The molecule has 2 atom stereocenters. The van der Waals surface area contributed by atoms with E-state index >= 15 is 0 Å². The van der Waals surface area contributed by atoms with Gasteiger partial charge in [-0.15, -0.1) is 6.58 Å². The summed E-state index contributed by atoms with van der Waals surface area (Å²) < 4.78 is 28.3. The number of hydrogen-bond acceptors (Lipinski definition) is 5. The molecule has 2 aliphatic heterocycles. The zero-order valence-electron chi connectivity index (χ0n) is 22.8. The minimum atomic E-state index is -1.01. The molecule has 42 heavy (non-hydrogen) atoms. The minimum Gasteiger partial charge on any atom is -0.508 e. The summed E-state index contributed by atoms with van der Waals surface area (Å²) in [5.41, 5.74) is 1.66. The summed E-state index contributed by atoms with van der Waals surface area (Å²) in [6.07, 6.45) is 0.767. The number of nitrogens with zero attached hydrogens (tertiary/aromatic N) is 4. The third-order valence-corrected chi connectivity index (χ3v) is 7.41. The van der Waals surface area contributed by atoms with Crippen LogP contribution in [-0.4, -0.2) is 74.6 Å². The number of urea groups is 1. The van der Waals surface area contributed by atoms with E-state index in [9.17, 15) is 28.3 Å². The Bertz CT molecular complexity index is 1470. The van der Waals surface area contributed by atoms with Crippen molar-refractivity contribution in [2.24, 2.45) is 0 Å². The lowest BCUT2D eigenvalue weighted by atomic mass is 9.98. The van der Waals surface area contributed by atoms with Crippen LogP contribution < -0.4 is 5.32 Å². The topological polar surface area (TPSA) is 96.4 Å². The van der Waals surface area contributed by atoms with Gasteiger partial charge in [-0.3, -0.25) is 9.59 Å². The monoisotopic (exact) mass is 575 g/mol. The van der Waals surface area contributed by atoms with Crippen LogP contribution in [0, 0.1) is 11.6 Å². The Morgan fingerprint density at radius 3 is 2.45 bits per heavy atom. The van der Waals surface area contributed by atoms with Gasteiger partial charge >= 0.3 is 6.03 Å². The molecule has 3 aromatic carbocycles. The summed E-state index contributed by atoms with van der Waals surface area (Å²) in [5.74, 6) is -2.27. The predicted octanol–water partition coefficient (Wildman–Crippen LogP) is 3.41. The van der Waals surface area contributed by atoms with E-state index in [0.29, 0.717) is 5.56 Å². The molecule has 1 unspecified atom stereocenters. The van der Waals surface area contributed by atoms with Gasteiger partial charge in [-0.05, 0) is 29.3 Å². The first-order valence-corrected chi connectivity index (χ1v) is 13.5. The van der Waals surface area contributed by atoms with Crippen molar-refractivity contribution < 1.29 is 28.3 Å². The van der Waals surface area contributed by atoms with Crippen molar-refractivity contribution in [2.45, 2.75) is 31.7 Å². The Labute approximate surface area is 242 Å². The number of aromatic hydroxyl groups is 1. The number of fused-ring (bicyclic) bond motifs is 1. The van der Waals surface area contributed by atoms with Crippen LogP contribution in [0.25, 0.3) is 0 Å². The molecule has 2 heterocycles. The molecule has 0 aliphatic carbocycles. The zero-order valence-corrected chi connectivity index (χ0v) is 22.8. The largest absolute Gasteiger partial charge is 0.508 e. The van der Waals surface area contributed by atoms with Gasteiger partial charge in [-0.25, -0.2) is 23.6 Å². The molecule has 2 saturated heterocycles. The highest BCUT2D eigenvalue weighted by Crippen LogP contribution is 2.30. The second-order valence-corrected chi connectivity index (χ2v) is 10.2. The smallest absolute Gasteiger partial charge is 0.334 e. The molecule has 0 aromatic heterocycles. The number of hydrazine groups is 1. The summed E-state index contributed by atoms with van der Waals surface area (Å²) in [6.45, 7) is 3.75. The van der Waals surface area contributed by atoms with E-state index in [1.165, 1.54) is 33.0 Å². The maximum atomic E-state index is 14.7. The number of nitrogens with one attached hydrogen (secondary N) is 1. The van der Waals surface area contributed by atoms with Gasteiger partial charge in [-0.2, -0.15) is 0 Å². The lowest BCUT2D eigenvalue weighted by Crippen LogP contribution is -2.76. The highest BCUT2D eigenvalue weighted by molar-refractivity contribution is 5.91. The first-order chi connectivity index (χ1) is 20.2. The number of amides is 4. The standard InChI is InChI=1S/C31H31F2N5O4/c1-2-14-36-20-29(40)37-27(15-21-8-12-25(39)13-9-21)30(41)35(18-23-10-11-24(32)16-26(23)33)19-28(37)38(36)31(42)34-17-22-6-4-3-5-7-22/h2-13,16,27-28,39H,1,14-15,17-20H2,(H,34,42)/t27?,28-/m1/s1. The van der Waals surface area contributed by atoms with Gasteiger partial charge in [0, 0.05) is 37.7 Å². The number of hydrogen-bond donors (Lipinski definition) is 2. The molecule has 218 valence electrons. The summed E-state index contributed by atoms with van der Waals surface area (Å²) in [7, 11) is 0. The molecule has 5 rings (SSSR count). The first kappa shape index (κ1) is 28.7. The lowest BCUT2D eigenvalue weighted by Gasteiger charge is -2.55. The van der Waals surface area contributed by atoms with Crippen molar-refractivity contribution in [1.29, 1.82) is 0 Å². The summed E-state index contributed by atoms with van der Waals surface area (Å²) in [4.78, 5) is 44.1. The van der Waals surface area contributed by atoms with Crippen LogP contribution in [0.15, 0.2) is 85.5 Å². The Hall–Kier alpha value is -4.77. The number of piperazine rings is 1. The quantitative estimate of drug-likeness (QED) is 0.402. The molecule has 11 heteroatoms. The van der Waals surface area contributed by atoms with Crippen molar-refractivity contribution in [2.75, 3.05) is 19.6 Å². The van der Waals surface area contributed by atoms with E-state index in [4.69, 9.17) is 0 Å². The van der Waals surface area contributed by atoms with Gasteiger partial charge in [-0.1, -0.05) is 54.6 Å². The maximum Gasteiger partial charge on any atom is 0.334 e. The second kappa shape index (κ2) is 12.4. The van der Waals surface area contributed by atoms with Crippen LogP contribution in [0.2, 0.25) is 0 Å². The number of halogens is 2. The highest BCUT2D eigenvalue weighted by atomic mass is 19.1. The lowest BCUT2D eigenvalue weighted by molar-refractivity contribution is -0.189. The van der Waals surface area contributed by atoms with Crippen molar-refractivity contribution in [1.82, 2.24) is 25.1 Å². The Balaban J connectivity index is 1.50. The number of rotatable bonds is 8. The molecule has 3 aromatic rings. The van der Waals surface area contributed by atoms with Gasteiger partial charge in [0.25, 0.3) is 0 Å². The first-order valence-electron chi connectivity index (χ1n) is 13.5. The molecule has 0 bridgehead atoms. The fraction of sp³-hybridized carbons (Fsp3) is 0.258. The minimum absolute atomic E-state index is 0.0513. The van der Waals surface area contributed by atoms with Gasteiger partial charge < -0.3 is 20.2 Å². The third kappa shape index (κ3) is 6.10. The van der Waals surface area contributed by atoms with E-state index < -0.39 is 35.8 Å². The van der Waals surface area contributed by atoms with Gasteiger partial charge in [0.05, 0.1) is 13.1 Å². The van der Waals surface area contributed by atoms with Crippen LogP contribution in [-0.2, 0) is 29.1 Å². The molecule has 2 fully saturated rings. The van der Waals surface area contributed by atoms with Crippen molar-refractivity contribution >= 4 is 17.8 Å². The molecule has 0 spiro atoms. The number of carbonyl (C=O) groups is 3. The Morgan fingerprint density at radius 2 is 1.76 bits per heavy atom. The van der Waals surface area contributed by atoms with E-state index in [2.05, 4.69) is 11.9 Å². The number of phenols is 1. The van der Waals surface area contributed by atoms with Crippen molar-refractivity contribution in [3.05, 3.63) is 114 Å². The van der Waals surface area contributed by atoms with E-state index in [-0.39, 0.29) is 56.4 Å². The number of carbonyl (C=O) groups excluding carboxylic acids is 3. The van der Waals surface area contributed by atoms with E-state index in [1.54, 1.807) is 23.2 Å². The Kier molecular flexibility index (Phi) is 8.48. The molecule has 4 amide bonds. The summed E-state index contributed by atoms with van der Waals surface area (Å²) in [5, 5.41) is 15.6. The van der Waals surface area contributed by atoms with Gasteiger partial charge in [0.15, 0.2) is 0 Å². The SMILES string of the molecule is C=CCN1CC(=O)N2C(Cc3ccc(O)cc3)C(=O)N(Cc3ccc(F)cc3F)C[C@H]2N1C(=O)NCc1ccccc1.